The quantitative estimate of drug-likeness (QED) is 0.805. The number of aromatic hydroxyl groups is 1. The summed E-state index contributed by atoms with van der Waals surface area (Å²) in [4.78, 5) is 27.4. The highest BCUT2D eigenvalue weighted by Gasteiger charge is 2.35. The van der Waals surface area contributed by atoms with Crippen LogP contribution in [-0.2, 0) is 11.3 Å². The molecule has 6 nitrogen and oxygen atoms in total. The average molecular weight is 356 g/mol. The van der Waals surface area contributed by atoms with E-state index in [9.17, 15) is 14.7 Å². The second-order valence-electron chi connectivity index (χ2n) is 6.44. The Labute approximate surface area is 152 Å². The van der Waals surface area contributed by atoms with E-state index in [1.807, 2.05) is 0 Å². The Morgan fingerprint density at radius 3 is 2.58 bits per heavy atom. The summed E-state index contributed by atoms with van der Waals surface area (Å²) in [6.07, 6.45) is -0.869. The molecule has 0 bridgehead atoms. The van der Waals surface area contributed by atoms with E-state index in [1.54, 1.807) is 41.8 Å². The molecule has 1 atom stereocenters. The Balaban J connectivity index is 2.03. The minimum atomic E-state index is -0.869. The summed E-state index contributed by atoms with van der Waals surface area (Å²) < 4.78 is 7.06. The molecule has 0 saturated carbocycles. The molecule has 0 radical (unpaired) electrons. The third-order valence-corrected chi connectivity index (χ3v) is 5.01. The van der Waals surface area contributed by atoms with Gasteiger partial charge < -0.3 is 19.3 Å². The molecule has 3 rings (SSSR count). The largest absolute Gasteiger partial charge is 0.507 e. The van der Waals surface area contributed by atoms with Crippen molar-refractivity contribution in [2.75, 3.05) is 19.6 Å². The van der Waals surface area contributed by atoms with Gasteiger partial charge in [0, 0.05) is 24.3 Å². The van der Waals surface area contributed by atoms with Gasteiger partial charge in [-0.3, -0.25) is 4.79 Å². The number of rotatable bonds is 6. The Bertz CT molecular complexity index is 884. The van der Waals surface area contributed by atoms with Gasteiger partial charge in [-0.2, -0.15) is 0 Å². The van der Waals surface area contributed by atoms with Crippen molar-refractivity contribution >= 4 is 5.97 Å². The van der Waals surface area contributed by atoms with Crippen LogP contribution in [0.3, 0.4) is 0 Å². The molecule has 1 aromatic carbocycles. The third-order valence-electron chi connectivity index (χ3n) is 5.01. The van der Waals surface area contributed by atoms with Gasteiger partial charge >= 0.3 is 5.97 Å². The van der Waals surface area contributed by atoms with E-state index < -0.39 is 12.1 Å². The van der Waals surface area contributed by atoms with Crippen LogP contribution < -0.4 is 5.56 Å². The monoisotopic (exact) mass is 356 g/mol. The summed E-state index contributed by atoms with van der Waals surface area (Å²) >= 11 is 0. The van der Waals surface area contributed by atoms with Crippen LogP contribution in [0.4, 0.5) is 0 Å². The van der Waals surface area contributed by atoms with E-state index in [1.165, 1.54) is 0 Å². The predicted octanol–water partition coefficient (Wildman–Crippen LogP) is 2.46. The first kappa shape index (κ1) is 18.2. The first-order valence-corrected chi connectivity index (χ1v) is 8.93. The maximum Gasteiger partial charge on any atom is 0.339 e. The van der Waals surface area contributed by atoms with Gasteiger partial charge in [0.1, 0.15) is 11.3 Å². The van der Waals surface area contributed by atoms with Gasteiger partial charge in [-0.15, -0.1) is 0 Å². The molecule has 0 saturated heterocycles. The number of esters is 1. The number of fused-ring (bicyclic) bond motifs is 1. The number of hydrogen-bond donors (Lipinski definition) is 1. The summed E-state index contributed by atoms with van der Waals surface area (Å²) in [5, 5.41) is 10.4. The second-order valence-corrected chi connectivity index (χ2v) is 6.44. The number of hydrogen-bond acceptors (Lipinski definition) is 5. The molecule has 1 N–H and O–H groups in total. The van der Waals surface area contributed by atoms with E-state index in [0.29, 0.717) is 23.4 Å². The van der Waals surface area contributed by atoms with Gasteiger partial charge in [0.15, 0.2) is 6.10 Å². The lowest BCUT2D eigenvalue weighted by atomic mass is 9.99. The smallest absolute Gasteiger partial charge is 0.339 e. The molecular weight excluding hydrogens is 332 g/mol. The van der Waals surface area contributed by atoms with Crippen molar-refractivity contribution < 1.29 is 14.6 Å². The molecule has 0 fully saturated rings. The fourth-order valence-corrected chi connectivity index (χ4v) is 3.43. The molecule has 0 aliphatic carbocycles. The SMILES string of the molecule is CCN(CC)CCn1c(C)cc(O)c(C2OC(=O)c3ccccc32)c1=O. The Kier molecular flexibility index (Phi) is 5.13. The van der Waals surface area contributed by atoms with Crippen molar-refractivity contribution in [3.63, 3.8) is 0 Å². The lowest BCUT2D eigenvalue weighted by Gasteiger charge is -2.21. The number of benzene rings is 1. The van der Waals surface area contributed by atoms with Crippen molar-refractivity contribution in [1.29, 1.82) is 0 Å². The highest BCUT2D eigenvalue weighted by molar-refractivity contribution is 5.94. The van der Waals surface area contributed by atoms with E-state index >= 15 is 0 Å². The zero-order valence-corrected chi connectivity index (χ0v) is 15.4. The van der Waals surface area contributed by atoms with Gasteiger partial charge in [-0.05, 0) is 32.1 Å². The molecule has 1 aromatic heterocycles. The van der Waals surface area contributed by atoms with Gasteiger partial charge in [-0.25, -0.2) is 4.79 Å². The summed E-state index contributed by atoms with van der Waals surface area (Å²) in [5.41, 5.74) is 1.54. The lowest BCUT2D eigenvalue weighted by Crippen LogP contribution is -2.33. The minimum absolute atomic E-state index is 0.119. The van der Waals surface area contributed by atoms with Crippen LogP contribution in [0.1, 0.15) is 47.1 Å². The zero-order valence-electron chi connectivity index (χ0n) is 15.4. The first-order chi connectivity index (χ1) is 12.5. The van der Waals surface area contributed by atoms with Crippen LogP contribution in [0, 0.1) is 6.92 Å². The molecule has 26 heavy (non-hydrogen) atoms. The van der Waals surface area contributed by atoms with Crippen molar-refractivity contribution in [3.8, 4) is 5.75 Å². The number of likely N-dealkylation sites (N-methyl/N-ethyl adjacent to an activating group) is 1. The van der Waals surface area contributed by atoms with Gasteiger partial charge in [0.05, 0.1) is 5.56 Å². The predicted molar refractivity (Wildman–Crippen MR) is 98.6 cm³/mol. The summed E-state index contributed by atoms with van der Waals surface area (Å²) in [7, 11) is 0. The molecule has 2 aromatic rings. The van der Waals surface area contributed by atoms with Crippen molar-refractivity contribution in [2.45, 2.75) is 33.4 Å². The van der Waals surface area contributed by atoms with Crippen LogP contribution in [0.2, 0.25) is 0 Å². The first-order valence-electron chi connectivity index (χ1n) is 8.93. The number of aryl methyl sites for hydroxylation is 1. The number of carbonyl (C=O) groups is 1. The van der Waals surface area contributed by atoms with Crippen LogP contribution >= 0.6 is 0 Å². The number of ether oxygens (including phenoxy) is 1. The molecule has 138 valence electrons. The second kappa shape index (κ2) is 7.33. The summed E-state index contributed by atoms with van der Waals surface area (Å²) in [6.45, 7) is 9.01. The van der Waals surface area contributed by atoms with Crippen LogP contribution in [0.15, 0.2) is 35.1 Å². The number of aromatic nitrogens is 1. The van der Waals surface area contributed by atoms with Crippen LogP contribution in [0.25, 0.3) is 0 Å². The van der Waals surface area contributed by atoms with Gasteiger partial charge in [-0.1, -0.05) is 32.0 Å². The average Bonchev–Trinajstić information content (AvgIpc) is 2.95. The minimum Gasteiger partial charge on any atom is -0.507 e. The molecule has 1 aliphatic heterocycles. The maximum absolute atomic E-state index is 13.1. The Morgan fingerprint density at radius 1 is 1.19 bits per heavy atom. The highest BCUT2D eigenvalue weighted by atomic mass is 16.5. The van der Waals surface area contributed by atoms with E-state index in [-0.39, 0.29) is 16.9 Å². The van der Waals surface area contributed by atoms with Crippen molar-refractivity contribution in [2.24, 2.45) is 0 Å². The van der Waals surface area contributed by atoms with Crippen molar-refractivity contribution in [3.05, 3.63) is 63.1 Å². The molecule has 1 aliphatic rings. The Morgan fingerprint density at radius 2 is 1.88 bits per heavy atom. The van der Waals surface area contributed by atoms with Crippen LogP contribution in [-0.4, -0.2) is 40.2 Å². The lowest BCUT2D eigenvalue weighted by molar-refractivity contribution is 0.0450. The Hall–Kier alpha value is -2.60. The number of nitrogens with zero attached hydrogens (tertiary/aromatic N) is 2. The zero-order chi connectivity index (χ0) is 18.8. The molecular formula is C20H24N2O4. The van der Waals surface area contributed by atoms with E-state index in [2.05, 4.69) is 18.7 Å². The molecule has 0 spiro atoms. The van der Waals surface area contributed by atoms with E-state index in [4.69, 9.17) is 4.74 Å². The van der Waals surface area contributed by atoms with Gasteiger partial charge in [0.25, 0.3) is 5.56 Å². The topological polar surface area (TPSA) is 71.8 Å². The number of pyridine rings is 1. The summed E-state index contributed by atoms with van der Waals surface area (Å²) in [5.74, 6) is -0.610. The molecule has 6 heteroatoms. The highest BCUT2D eigenvalue weighted by Crippen LogP contribution is 2.37. The standard InChI is InChI=1S/C20H24N2O4/c1-4-21(5-2)10-11-22-13(3)12-16(23)17(19(22)24)18-14-8-6-7-9-15(14)20(25)26-18/h6-9,12,18,23H,4-5,10-11H2,1-3H3. The third kappa shape index (κ3) is 3.12. The normalized spacial score (nSPS) is 16.0. The van der Waals surface area contributed by atoms with Gasteiger partial charge in [0.2, 0.25) is 0 Å². The number of cyclic esters (lactones) is 1. The van der Waals surface area contributed by atoms with Crippen molar-refractivity contribution in [1.82, 2.24) is 9.47 Å². The van der Waals surface area contributed by atoms with E-state index in [0.717, 1.165) is 19.6 Å². The van der Waals surface area contributed by atoms with Crippen LogP contribution in [0.5, 0.6) is 5.75 Å². The fraction of sp³-hybridized carbons (Fsp3) is 0.400. The molecule has 0 amide bonds. The summed E-state index contributed by atoms with van der Waals surface area (Å²) in [6, 6.07) is 8.52. The number of carbonyl (C=O) groups excluding carboxylic acids is 1. The molecule has 2 heterocycles. The fourth-order valence-electron chi connectivity index (χ4n) is 3.43. The maximum atomic E-state index is 13.1. The molecule has 1 unspecified atom stereocenters.